The number of rotatable bonds is 6. The van der Waals surface area contributed by atoms with E-state index in [-0.39, 0.29) is 5.91 Å². The molecule has 0 aliphatic rings. The van der Waals surface area contributed by atoms with Gasteiger partial charge in [0.1, 0.15) is 11.5 Å². The van der Waals surface area contributed by atoms with Crippen molar-refractivity contribution in [2.75, 3.05) is 38.5 Å². The summed E-state index contributed by atoms with van der Waals surface area (Å²) in [6, 6.07) is 13.1. The molecule has 0 saturated carbocycles. The largest absolute Gasteiger partial charge is 0.497 e. The zero-order valence-corrected chi connectivity index (χ0v) is 14.4. The molecule has 0 atom stereocenters. The molecule has 24 heavy (non-hydrogen) atoms. The first-order valence-corrected chi connectivity index (χ1v) is 7.52. The molecule has 0 aliphatic heterocycles. The molecular formula is C19H22N2O3. The predicted molar refractivity (Wildman–Crippen MR) is 98.0 cm³/mol. The first-order chi connectivity index (χ1) is 11.5. The summed E-state index contributed by atoms with van der Waals surface area (Å²) in [5.74, 6) is 1.16. The molecule has 2 rings (SSSR count). The fourth-order valence-corrected chi connectivity index (χ4v) is 2.28. The Balaban J connectivity index is 2.17. The molecule has 0 heterocycles. The Kier molecular flexibility index (Phi) is 5.84. The lowest BCUT2D eigenvalue weighted by molar-refractivity contribution is -0.111. The number of hydrogen-bond donors (Lipinski definition) is 1. The van der Waals surface area contributed by atoms with Crippen LogP contribution in [0.1, 0.15) is 5.56 Å². The molecule has 0 radical (unpaired) electrons. The minimum absolute atomic E-state index is 0.214. The van der Waals surface area contributed by atoms with Crippen molar-refractivity contribution >= 4 is 23.4 Å². The van der Waals surface area contributed by atoms with Gasteiger partial charge in [-0.15, -0.1) is 0 Å². The third kappa shape index (κ3) is 4.29. The predicted octanol–water partition coefficient (Wildman–Crippen LogP) is 3.42. The van der Waals surface area contributed by atoms with E-state index in [4.69, 9.17) is 9.47 Å². The van der Waals surface area contributed by atoms with Gasteiger partial charge in [0, 0.05) is 25.7 Å². The van der Waals surface area contributed by atoms with Crippen LogP contribution in [0.2, 0.25) is 0 Å². The summed E-state index contributed by atoms with van der Waals surface area (Å²) in [5, 5.41) is 2.89. The lowest BCUT2D eigenvalue weighted by Gasteiger charge is -2.17. The number of ether oxygens (including phenoxy) is 2. The number of carbonyl (C=O) groups excluding carboxylic acids is 1. The zero-order chi connectivity index (χ0) is 17.5. The van der Waals surface area contributed by atoms with E-state index in [9.17, 15) is 4.79 Å². The van der Waals surface area contributed by atoms with Crippen LogP contribution in [0, 0.1) is 0 Å². The Morgan fingerprint density at radius 2 is 1.83 bits per heavy atom. The van der Waals surface area contributed by atoms with E-state index in [0.717, 1.165) is 16.9 Å². The Hall–Kier alpha value is -2.95. The first kappa shape index (κ1) is 17.4. The van der Waals surface area contributed by atoms with Gasteiger partial charge in [-0.25, -0.2) is 0 Å². The topological polar surface area (TPSA) is 50.8 Å². The van der Waals surface area contributed by atoms with Crippen LogP contribution in [-0.4, -0.2) is 34.2 Å². The van der Waals surface area contributed by atoms with Gasteiger partial charge in [-0.3, -0.25) is 4.79 Å². The lowest BCUT2D eigenvalue weighted by atomic mass is 10.1. The van der Waals surface area contributed by atoms with Gasteiger partial charge in [-0.1, -0.05) is 12.1 Å². The van der Waals surface area contributed by atoms with Crippen LogP contribution >= 0.6 is 0 Å². The summed E-state index contributed by atoms with van der Waals surface area (Å²) in [7, 11) is 7.05. The normalized spacial score (nSPS) is 10.5. The van der Waals surface area contributed by atoms with Gasteiger partial charge >= 0.3 is 0 Å². The number of amides is 1. The second-order valence-electron chi connectivity index (χ2n) is 5.34. The number of hydrogen-bond acceptors (Lipinski definition) is 4. The van der Waals surface area contributed by atoms with E-state index in [1.165, 1.54) is 6.08 Å². The van der Waals surface area contributed by atoms with Gasteiger partial charge in [0.25, 0.3) is 0 Å². The average molecular weight is 326 g/mol. The minimum atomic E-state index is -0.214. The minimum Gasteiger partial charge on any atom is -0.497 e. The molecule has 0 saturated heterocycles. The fraction of sp³-hybridized carbons (Fsp3) is 0.211. The van der Waals surface area contributed by atoms with E-state index in [0.29, 0.717) is 11.5 Å². The summed E-state index contributed by atoms with van der Waals surface area (Å²) < 4.78 is 10.5. The lowest BCUT2D eigenvalue weighted by Crippen LogP contribution is -2.14. The maximum Gasteiger partial charge on any atom is 0.248 e. The first-order valence-electron chi connectivity index (χ1n) is 7.52. The Morgan fingerprint density at radius 3 is 2.50 bits per heavy atom. The van der Waals surface area contributed by atoms with Gasteiger partial charge in [0.2, 0.25) is 5.91 Å². The number of nitrogens with zero attached hydrogens (tertiary/aromatic N) is 1. The van der Waals surface area contributed by atoms with Crippen molar-refractivity contribution in [3.63, 3.8) is 0 Å². The molecule has 2 aromatic rings. The van der Waals surface area contributed by atoms with Gasteiger partial charge < -0.3 is 19.7 Å². The molecule has 1 N–H and O–H groups in total. The summed E-state index contributed by atoms with van der Waals surface area (Å²) >= 11 is 0. The van der Waals surface area contributed by atoms with Crippen LogP contribution in [0.15, 0.2) is 48.5 Å². The van der Waals surface area contributed by atoms with Gasteiger partial charge in [-0.05, 0) is 36.4 Å². The smallest absolute Gasteiger partial charge is 0.248 e. The van der Waals surface area contributed by atoms with E-state index in [1.54, 1.807) is 26.4 Å². The number of para-hydroxylation sites is 2. The average Bonchev–Trinajstić information content (AvgIpc) is 2.59. The number of anilines is 2. The van der Waals surface area contributed by atoms with Gasteiger partial charge in [-0.2, -0.15) is 0 Å². The van der Waals surface area contributed by atoms with Crippen molar-refractivity contribution in [2.45, 2.75) is 0 Å². The second kappa shape index (κ2) is 8.06. The van der Waals surface area contributed by atoms with E-state index in [1.807, 2.05) is 55.4 Å². The summed E-state index contributed by atoms with van der Waals surface area (Å²) in [5.41, 5.74) is 2.47. The SMILES string of the molecule is COc1ccc(OC)c(/C=C/C(=O)Nc2ccccc2N(C)C)c1. The van der Waals surface area contributed by atoms with Crippen molar-refractivity contribution in [3.8, 4) is 11.5 Å². The van der Waals surface area contributed by atoms with Crippen LogP contribution < -0.4 is 19.7 Å². The van der Waals surface area contributed by atoms with E-state index >= 15 is 0 Å². The van der Waals surface area contributed by atoms with Crippen molar-refractivity contribution in [3.05, 3.63) is 54.1 Å². The standard InChI is InChI=1S/C19H22N2O3/c1-21(2)17-8-6-5-7-16(17)20-19(22)12-9-14-13-15(23-3)10-11-18(14)24-4/h5-13H,1-4H3,(H,20,22)/b12-9+. The molecule has 0 spiro atoms. The molecule has 0 unspecified atom stereocenters. The third-order valence-electron chi connectivity index (χ3n) is 3.49. The van der Waals surface area contributed by atoms with Gasteiger partial charge in [0.05, 0.1) is 25.6 Å². The maximum absolute atomic E-state index is 12.2. The quantitative estimate of drug-likeness (QED) is 0.827. The molecule has 5 nitrogen and oxygen atoms in total. The van der Waals surface area contributed by atoms with Crippen LogP contribution in [0.25, 0.3) is 6.08 Å². The Bertz CT molecular complexity index is 739. The molecule has 0 aromatic heterocycles. The van der Waals surface area contributed by atoms with Crippen LogP contribution in [0.5, 0.6) is 11.5 Å². The van der Waals surface area contributed by atoms with Crippen LogP contribution in [0.3, 0.4) is 0 Å². The Labute approximate surface area is 142 Å². The second-order valence-corrected chi connectivity index (χ2v) is 5.34. The van der Waals surface area contributed by atoms with Crippen LogP contribution in [0.4, 0.5) is 11.4 Å². The molecule has 5 heteroatoms. The third-order valence-corrected chi connectivity index (χ3v) is 3.49. The molecule has 1 amide bonds. The number of carbonyl (C=O) groups is 1. The highest BCUT2D eigenvalue weighted by Gasteiger charge is 2.07. The van der Waals surface area contributed by atoms with Crippen molar-refractivity contribution in [2.24, 2.45) is 0 Å². The summed E-state index contributed by atoms with van der Waals surface area (Å²) in [4.78, 5) is 14.2. The maximum atomic E-state index is 12.2. The van der Waals surface area contributed by atoms with E-state index < -0.39 is 0 Å². The molecule has 0 aliphatic carbocycles. The summed E-state index contributed by atoms with van der Waals surface area (Å²) in [6.07, 6.45) is 3.18. The molecule has 126 valence electrons. The molecule has 2 aromatic carbocycles. The molecule has 0 bridgehead atoms. The fourth-order valence-electron chi connectivity index (χ4n) is 2.28. The van der Waals surface area contributed by atoms with Crippen LogP contribution in [-0.2, 0) is 4.79 Å². The number of methoxy groups -OCH3 is 2. The number of benzene rings is 2. The van der Waals surface area contributed by atoms with Crippen molar-refractivity contribution in [1.29, 1.82) is 0 Å². The van der Waals surface area contributed by atoms with Crippen molar-refractivity contribution in [1.82, 2.24) is 0 Å². The highest BCUT2D eigenvalue weighted by atomic mass is 16.5. The van der Waals surface area contributed by atoms with Crippen molar-refractivity contribution < 1.29 is 14.3 Å². The monoisotopic (exact) mass is 326 g/mol. The number of nitrogens with one attached hydrogen (secondary N) is 1. The van der Waals surface area contributed by atoms with Gasteiger partial charge in [0.15, 0.2) is 0 Å². The zero-order valence-electron chi connectivity index (χ0n) is 14.4. The summed E-state index contributed by atoms with van der Waals surface area (Å²) in [6.45, 7) is 0. The molecule has 0 fully saturated rings. The highest BCUT2D eigenvalue weighted by Crippen LogP contribution is 2.26. The Morgan fingerprint density at radius 1 is 1.08 bits per heavy atom. The molecular weight excluding hydrogens is 304 g/mol. The van der Waals surface area contributed by atoms with E-state index in [2.05, 4.69) is 5.32 Å². The highest BCUT2D eigenvalue weighted by molar-refractivity contribution is 6.04.